The summed E-state index contributed by atoms with van der Waals surface area (Å²) in [5.41, 5.74) is 1.73. The van der Waals surface area contributed by atoms with Crippen molar-refractivity contribution in [2.45, 2.75) is 39.0 Å². The van der Waals surface area contributed by atoms with E-state index in [4.69, 9.17) is 0 Å². The first kappa shape index (κ1) is 15.6. The lowest BCUT2D eigenvalue weighted by atomic mass is 10.1. The van der Waals surface area contributed by atoms with E-state index in [0.29, 0.717) is 0 Å². The van der Waals surface area contributed by atoms with Crippen molar-refractivity contribution in [3.63, 3.8) is 0 Å². The molecule has 0 amide bonds. The van der Waals surface area contributed by atoms with Gasteiger partial charge in [0, 0.05) is 24.1 Å². The Balaban J connectivity index is 1.73. The quantitative estimate of drug-likeness (QED) is 0.363. The topological polar surface area (TPSA) is 73.3 Å². The van der Waals surface area contributed by atoms with Gasteiger partial charge in [0.15, 0.2) is 0 Å². The number of imidazole rings is 1. The highest BCUT2D eigenvalue weighted by atomic mass is 32.1. The van der Waals surface area contributed by atoms with Crippen LogP contribution in [0, 0.1) is 10.1 Å². The summed E-state index contributed by atoms with van der Waals surface area (Å²) in [7, 11) is 0. The number of aryl methyl sites for hydroxylation is 1. The molecule has 3 aromatic rings. The molecule has 0 aliphatic carbocycles. The van der Waals surface area contributed by atoms with Gasteiger partial charge in [-0.25, -0.2) is 9.50 Å². The maximum absolute atomic E-state index is 10.7. The van der Waals surface area contributed by atoms with Gasteiger partial charge in [-0.1, -0.05) is 37.5 Å². The van der Waals surface area contributed by atoms with Gasteiger partial charge in [-0.05, 0) is 18.6 Å². The van der Waals surface area contributed by atoms with Crippen molar-refractivity contribution in [1.29, 1.82) is 0 Å². The Morgan fingerprint density at radius 2 is 2.00 bits per heavy atom. The Kier molecular flexibility index (Phi) is 4.66. The van der Waals surface area contributed by atoms with Crippen molar-refractivity contribution in [2.24, 2.45) is 0 Å². The van der Waals surface area contributed by atoms with Crippen LogP contribution in [-0.2, 0) is 6.42 Å². The zero-order valence-electron chi connectivity index (χ0n) is 12.9. The third-order valence-corrected chi connectivity index (χ3v) is 4.69. The van der Waals surface area contributed by atoms with Gasteiger partial charge in [0.05, 0.1) is 16.8 Å². The minimum Gasteiger partial charge on any atom is -0.258 e. The summed E-state index contributed by atoms with van der Waals surface area (Å²) in [4.78, 5) is 15.7. The fourth-order valence-corrected chi connectivity index (χ4v) is 3.36. The van der Waals surface area contributed by atoms with Crippen molar-refractivity contribution in [2.75, 3.05) is 0 Å². The molecule has 3 rings (SSSR count). The van der Waals surface area contributed by atoms with E-state index >= 15 is 0 Å². The molecule has 0 spiro atoms. The van der Waals surface area contributed by atoms with Crippen LogP contribution in [0.2, 0.25) is 0 Å². The third-order valence-electron chi connectivity index (χ3n) is 3.70. The molecule has 0 radical (unpaired) electrons. The number of nitrogens with zero attached hydrogens (tertiary/aromatic N) is 4. The first-order valence-corrected chi connectivity index (χ1v) is 8.59. The van der Waals surface area contributed by atoms with Crippen molar-refractivity contribution in [3.05, 3.63) is 45.6 Å². The van der Waals surface area contributed by atoms with Gasteiger partial charge in [0.2, 0.25) is 4.96 Å². The van der Waals surface area contributed by atoms with Crippen LogP contribution in [0.25, 0.3) is 16.2 Å². The zero-order valence-corrected chi connectivity index (χ0v) is 13.8. The second kappa shape index (κ2) is 6.87. The fraction of sp³-hybridized carbons (Fsp3) is 0.375. The van der Waals surface area contributed by atoms with E-state index in [-0.39, 0.29) is 5.69 Å². The predicted molar refractivity (Wildman–Crippen MR) is 90.8 cm³/mol. The number of unbranched alkanes of at least 4 members (excludes halogenated alkanes) is 3. The van der Waals surface area contributed by atoms with Crippen molar-refractivity contribution >= 4 is 22.0 Å². The van der Waals surface area contributed by atoms with E-state index < -0.39 is 4.92 Å². The van der Waals surface area contributed by atoms with Gasteiger partial charge >= 0.3 is 0 Å². The van der Waals surface area contributed by atoms with Crippen LogP contribution >= 0.6 is 11.3 Å². The Labute approximate surface area is 137 Å². The molecule has 0 aliphatic rings. The predicted octanol–water partition coefficient (Wildman–Crippen LogP) is 4.49. The molecule has 0 unspecified atom stereocenters. The van der Waals surface area contributed by atoms with Gasteiger partial charge in [0.25, 0.3) is 5.69 Å². The maximum atomic E-state index is 10.7. The molecule has 0 fully saturated rings. The third kappa shape index (κ3) is 3.56. The number of nitro groups is 1. The maximum Gasteiger partial charge on any atom is 0.269 e. The first-order chi connectivity index (χ1) is 11.2. The average Bonchev–Trinajstić information content (AvgIpc) is 3.10. The van der Waals surface area contributed by atoms with Gasteiger partial charge in [0.1, 0.15) is 5.01 Å². The van der Waals surface area contributed by atoms with Crippen LogP contribution in [0.5, 0.6) is 0 Å². The minimum absolute atomic E-state index is 0.0854. The summed E-state index contributed by atoms with van der Waals surface area (Å²) in [5.74, 6) is 0. The SMILES string of the molecule is CCCCCCc1nn2cc(-c3ccc([N+](=O)[O-])cc3)nc2s1. The number of hydrogen-bond donors (Lipinski definition) is 0. The normalized spacial score (nSPS) is 11.2. The Bertz CT molecular complexity index is 776. The van der Waals surface area contributed by atoms with E-state index in [1.807, 2.05) is 6.20 Å². The van der Waals surface area contributed by atoms with Crippen LogP contribution < -0.4 is 0 Å². The number of nitro benzene ring substituents is 1. The van der Waals surface area contributed by atoms with Gasteiger partial charge in [-0.15, -0.1) is 0 Å². The first-order valence-electron chi connectivity index (χ1n) is 7.77. The van der Waals surface area contributed by atoms with Crippen LogP contribution in [0.4, 0.5) is 5.69 Å². The molecule has 1 aromatic carbocycles. The summed E-state index contributed by atoms with van der Waals surface area (Å²) in [6.45, 7) is 2.21. The van der Waals surface area contributed by atoms with Crippen LogP contribution in [-0.4, -0.2) is 19.5 Å². The lowest BCUT2D eigenvalue weighted by Crippen LogP contribution is -1.88. The molecule has 2 heterocycles. The van der Waals surface area contributed by atoms with Gasteiger partial charge in [-0.2, -0.15) is 5.10 Å². The molecule has 23 heavy (non-hydrogen) atoms. The number of benzene rings is 1. The number of fused-ring (bicyclic) bond motifs is 1. The molecule has 0 saturated carbocycles. The number of non-ortho nitro benzene ring substituents is 1. The number of rotatable bonds is 7. The standard InChI is InChI=1S/C16H18N4O2S/c1-2-3-4-5-6-15-18-19-11-14(17-16(19)23-15)12-7-9-13(10-8-12)20(21)22/h7-11H,2-6H2,1H3. The van der Waals surface area contributed by atoms with Crippen molar-refractivity contribution < 1.29 is 4.92 Å². The Morgan fingerprint density at radius 3 is 2.65 bits per heavy atom. The van der Waals surface area contributed by atoms with Crippen molar-refractivity contribution in [1.82, 2.24) is 14.6 Å². The van der Waals surface area contributed by atoms with Crippen LogP contribution in [0.1, 0.15) is 37.6 Å². The molecule has 0 bridgehead atoms. The molecule has 0 saturated heterocycles. The zero-order chi connectivity index (χ0) is 16.2. The van der Waals surface area contributed by atoms with E-state index in [1.165, 1.54) is 37.8 Å². The second-order valence-electron chi connectivity index (χ2n) is 5.46. The van der Waals surface area contributed by atoms with Crippen LogP contribution in [0.3, 0.4) is 0 Å². The lowest BCUT2D eigenvalue weighted by Gasteiger charge is -1.96. The van der Waals surface area contributed by atoms with Gasteiger partial charge < -0.3 is 0 Å². The number of aromatic nitrogens is 3. The summed E-state index contributed by atoms with van der Waals surface area (Å²) in [6.07, 6.45) is 7.79. The lowest BCUT2D eigenvalue weighted by molar-refractivity contribution is -0.384. The highest BCUT2D eigenvalue weighted by molar-refractivity contribution is 7.16. The smallest absolute Gasteiger partial charge is 0.258 e. The average molecular weight is 330 g/mol. The molecule has 2 aromatic heterocycles. The minimum atomic E-state index is -0.401. The Morgan fingerprint density at radius 1 is 1.22 bits per heavy atom. The van der Waals surface area contributed by atoms with E-state index in [9.17, 15) is 10.1 Å². The summed E-state index contributed by atoms with van der Waals surface area (Å²) in [5, 5.41) is 16.4. The highest BCUT2D eigenvalue weighted by Crippen LogP contribution is 2.24. The number of hydrogen-bond acceptors (Lipinski definition) is 5. The monoisotopic (exact) mass is 330 g/mol. The summed E-state index contributed by atoms with van der Waals surface area (Å²) in [6, 6.07) is 6.43. The van der Waals surface area contributed by atoms with Crippen molar-refractivity contribution in [3.8, 4) is 11.3 Å². The molecular formula is C16H18N4O2S. The molecule has 0 atom stereocenters. The Hall–Kier alpha value is -2.28. The summed E-state index contributed by atoms with van der Waals surface area (Å²) >= 11 is 1.61. The highest BCUT2D eigenvalue weighted by Gasteiger charge is 2.11. The molecule has 0 N–H and O–H groups in total. The van der Waals surface area contributed by atoms with E-state index in [0.717, 1.165) is 27.6 Å². The molecular weight excluding hydrogens is 312 g/mol. The second-order valence-corrected chi connectivity index (χ2v) is 6.50. The summed E-state index contributed by atoms with van der Waals surface area (Å²) < 4.78 is 1.80. The molecule has 0 aliphatic heterocycles. The largest absolute Gasteiger partial charge is 0.269 e. The molecule has 7 heteroatoms. The van der Waals surface area contributed by atoms with Crippen LogP contribution in [0.15, 0.2) is 30.5 Å². The molecule has 6 nitrogen and oxygen atoms in total. The van der Waals surface area contributed by atoms with E-state index in [1.54, 1.807) is 28.0 Å². The molecule has 120 valence electrons. The van der Waals surface area contributed by atoms with Gasteiger partial charge in [-0.3, -0.25) is 10.1 Å². The fourth-order valence-electron chi connectivity index (χ4n) is 2.44. The van der Waals surface area contributed by atoms with E-state index in [2.05, 4.69) is 17.0 Å².